The van der Waals surface area contributed by atoms with Crippen LogP contribution in [0.25, 0.3) is 0 Å². The maximum absolute atomic E-state index is 4.15. The van der Waals surface area contributed by atoms with E-state index in [1.165, 1.54) is 44.5 Å². The van der Waals surface area contributed by atoms with Crippen molar-refractivity contribution in [2.75, 3.05) is 31.1 Å². The highest BCUT2D eigenvalue weighted by Gasteiger charge is 2.35. The van der Waals surface area contributed by atoms with Crippen molar-refractivity contribution in [3.8, 4) is 0 Å². The van der Waals surface area contributed by atoms with E-state index in [0.717, 1.165) is 18.8 Å². The number of benzene rings is 1. The summed E-state index contributed by atoms with van der Waals surface area (Å²) in [6, 6.07) is 8.34. The Kier molecular flexibility index (Phi) is 3.56. The van der Waals surface area contributed by atoms with Crippen molar-refractivity contribution in [1.29, 1.82) is 0 Å². The minimum atomic E-state index is 0.561. The first-order chi connectivity index (χ1) is 9.33. The van der Waals surface area contributed by atoms with Gasteiger partial charge in [-0.3, -0.25) is 4.99 Å². The third-order valence-corrected chi connectivity index (χ3v) is 4.78. The maximum Gasteiger partial charge on any atom is 0.0855 e. The van der Waals surface area contributed by atoms with Crippen LogP contribution in [0, 0.1) is 5.41 Å². The van der Waals surface area contributed by atoms with Gasteiger partial charge in [-0.15, -0.1) is 0 Å². The van der Waals surface area contributed by atoms with Gasteiger partial charge in [-0.25, -0.2) is 0 Å². The van der Waals surface area contributed by atoms with E-state index in [-0.39, 0.29) is 0 Å². The summed E-state index contributed by atoms with van der Waals surface area (Å²) >= 11 is 0. The molecule has 0 aromatic heterocycles. The lowest BCUT2D eigenvalue weighted by Crippen LogP contribution is -2.48. The largest absolute Gasteiger partial charge is 0.370 e. The number of aliphatic imine (C=N–C) groups is 1. The van der Waals surface area contributed by atoms with Crippen LogP contribution >= 0.6 is 0 Å². The molecule has 0 bridgehead atoms. The van der Waals surface area contributed by atoms with Gasteiger partial charge >= 0.3 is 0 Å². The van der Waals surface area contributed by atoms with Gasteiger partial charge in [-0.1, -0.05) is 12.1 Å². The Morgan fingerprint density at radius 2 is 1.95 bits per heavy atom. The SMILES string of the molecule is C=Nc1ccccc1N1CCC2(CCCNC2)CC1. The van der Waals surface area contributed by atoms with Gasteiger partial charge < -0.3 is 10.2 Å². The van der Waals surface area contributed by atoms with Crippen LogP contribution < -0.4 is 10.2 Å². The van der Waals surface area contributed by atoms with Crippen molar-refractivity contribution in [3.05, 3.63) is 24.3 Å². The molecule has 0 amide bonds. The first-order valence-corrected chi connectivity index (χ1v) is 7.34. The van der Waals surface area contributed by atoms with E-state index in [4.69, 9.17) is 0 Å². The molecule has 2 aliphatic heterocycles. The van der Waals surface area contributed by atoms with Crippen LogP contribution in [-0.4, -0.2) is 32.9 Å². The van der Waals surface area contributed by atoms with Gasteiger partial charge in [-0.05, 0) is 56.5 Å². The van der Waals surface area contributed by atoms with Gasteiger partial charge in [0, 0.05) is 19.6 Å². The summed E-state index contributed by atoms with van der Waals surface area (Å²) < 4.78 is 0. The summed E-state index contributed by atoms with van der Waals surface area (Å²) in [6.07, 6.45) is 5.33. The Hall–Kier alpha value is -1.35. The van der Waals surface area contributed by atoms with Gasteiger partial charge in [0.2, 0.25) is 0 Å². The first-order valence-electron chi connectivity index (χ1n) is 7.34. The molecular weight excluding hydrogens is 234 g/mol. The zero-order valence-corrected chi connectivity index (χ0v) is 11.6. The van der Waals surface area contributed by atoms with Crippen LogP contribution in [0.2, 0.25) is 0 Å². The van der Waals surface area contributed by atoms with Crippen molar-refractivity contribution in [2.45, 2.75) is 25.7 Å². The van der Waals surface area contributed by atoms with Crippen molar-refractivity contribution in [2.24, 2.45) is 10.4 Å². The molecule has 0 radical (unpaired) electrons. The highest BCUT2D eigenvalue weighted by molar-refractivity contribution is 5.69. The van der Waals surface area contributed by atoms with Gasteiger partial charge in [0.05, 0.1) is 11.4 Å². The van der Waals surface area contributed by atoms with Gasteiger partial charge in [0.25, 0.3) is 0 Å². The third kappa shape index (κ3) is 2.52. The summed E-state index contributed by atoms with van der Waals surface area (Å²) in [7, 11) is 0. The van der Waals surface area contributed by atoms with Crippen molar-refractivity contribution < 1.29 is 0 Å². The van der Waals surface area contributed by atoms with Crippen molar-refractivity contribution in [3.63, 3.8) is 0 Å². The molecule has 3 nitrogen and oxygen atoms in total. The number of piperidine rings is 2. The van der Waals surface area contributed by atoms with E-state index in [0.29, 0.717) is 5.41 Å². The molecule has 3 heteroatoms. The molecule has 2 saturated heterocycles. The Balaban J connectivity index is 1.71. The lowest BCUT2D eigenvalue weighted by atomic mass is 9.73. The van der Waals surface area contributed by atoms with Gasteiger partial charge in [0.15, 0.2) is 0 Å². The molecule has 2 aliphatic rings. The fourth-order valence-electron chi connectivity index (χ4n) is 3.54. The molecule has 19 heavy (non-hydrogen) atoms. The Labute approximate surface area is 115 Å². The molecule has 0 aliphatic carbocycles. The van der Waals surface area contributed by atoms with E-state index >= 15 is 0 Å². The van der Waals surface area contributed by atoms with Crippen molar-refractivity contribution in [1.82, 2.24) is 5.32 Å². The molecule has 3 rings (SSSR count). The van der Waals surface area contributed by atoms with Crippen LogP contribution in [0.4, 0.5) is 11.4 Å². The fraction of sp³-hybridized carbons (Fsp3) is 0.562. The molecule has 1 N–H and O–H groups in total. The van der Waals surface area contributed by atoms with E-state index in [9.17, 15) is 0 Å². The van der Waals surface area contributed by atoms with Crippen LogP contribution in [-0.2, 0) is 0 Å². The minimum Gasteiger partial charge on any atom is -0.370 e. The summed E-state index contributed by atoms with van der Waals surface area (Å²) in [5.41, 5.74) is 2.82. The number of hydrogen-bond acceptors (Lipinski definition) is 3. The molecule has 102 valence electrons. The number of hydrogen-bond donors (Lipinski definition) is 1. The maximum atomic E-state index is 4.15. The van der Waals surface area contributed by atoms with Gasteiger partial charge in [-0.2, -0.15) is 0 Å². The number of rotatable bonds is 2. The van der Waals surface area contributed by atoms with Crippen LogP contribution in [0.1, 0.15) is 25.7 Å². The number of nitrogens with one attached hydrogen (secondary N) is 1. The van der Waals surface area contributed by atoms with E-state index in [2.05, 4.69) is 40.1 Å². The summed E-state index contributed by atoms with van der Waals surface area (Å²) in [4.78, 5) is 6.62. The normalized spacial score (nSPS) is 22.4. The monoisotopic (exact) mass is 257 g/mol. The molecule has 1 spiro atoms. The van der Waals surface area contributed by atoms with Crippen molar-refractivity contribution >= 4 is 18.1 Å². The van der Waals surface area contributed by atoms with E-state index in [1.54, 1.807) is 0 Å². The average Bonchev–Trinajstić information content (AvgIpc) is 2.49. The smallest absolute Gasteiger partial charge is 0.0855 e. The van der Waals surface area contributed by atoms with E-state index in [1.807, 2.05) is 6.07 Å². The van der Waals surface area contributed by atoms with Crippen LogP contribution in [0.15, 0.2) is 29.3 Å². The van der Waals surface area contributed by atoms with E-state index < -0.39 is 0 Å². The van der Waals surface area contributed by atoms with Crippen LogP contribution in [0.5, 0.6) is 0 Å². The third-order valence-electron chi connectivity index (χ3n) is 4.78. The molecule has 2 heterocycles. The zero-order valence-electron chi connectivity index (χ0n) is 11.6. The number of nitrogens with zero attached hydrogens (tertiary/aromatic N) is 2. The predicted octanol–water partition coefficient (Wildman–Crippen LogP) is 2.99. The lowest BCUT2D eigenvalue weighted by Gasteiger charge is -2.45. The molecule has 0 atom stereocenters. The number of para-hydroxylation sites is 2. The summed E-state index contributed by atoms with van der Waals surface area (Å²) in [5.74, 6) is 0. The standard InChI is InChI=1S/C16H23N3/c1-17-14-5-2-3-6-15(14)19-11-8-16(9-12-19)7-4-10-18-13-16/h2-3,5-6,18H,1,4,7-13H2. The molecular formula is C16H23N3. The Morgan fingerprint density at radius 3 is 2.63 bits per heavy atom. The number of anilines is 1. The van der Waals surface area contributed by atoms with Gasteiger partial charge in [0.1, 0.15) is 0 Å². The summed E-state index contributed by atoms with van der Waals surface area (Å²) in [6.45, 7) is 8.39. The highest BCUT2D eigenvalue weighted by Crippen LogP contribution is 2.40. The first kappa shape index (κ1) is 12.7. The topological polar surface area (TPSA) is 27.6 Å². The summed E-state index contributed by atoms with van der Waals surface area (Å²) in [5, 5.41) is 3.58. The van der Waals surface area contributed by atoms with Crippen LogP contribution in [0.3, 0.4) is 0 Å². The predicted molar refractivity (Wildman–Crippen MR) is 81.6 cm³/mol. The average molecular weight is 257 g/mol. The second-order valence-corrected chi connectivity index (χ2v) is 5.91. The highest BCUT2D eigenvalue weighted by atomic mass is 15.2. The Bertz CT molecular complexity index is 439. The quantitative estimate of drug-likeness (QED) is 0.825. The molecule has 1 aromatic carbocycles. The second kappa shape index (κ2) is 5.33. The molecule has 2 fully saturated rings. The molecule has 0 unspecified atom stereocenters. The fourth-order valence-corrected chi connectivity index (χ4v) is 3.54. The zero-order chi connectivity index (χ0) is 13.1. The second-order valence-electron chi connectivity index (χ2n) is 5.91. The molecule has 0 saturated carbocycles. The molecule has 1 aromatic rings. The Morgan fingerprint density at radius 1 is 1.16 bits per heavy atom. The minimum absolute atomic E-state index is 0.561. The lowest BCUT2D eigenvalue weighted by molar-refractivity contribution is 0.161.